The van der Waals surface area contributed by atoms with Crippen molar-refractivity contribution in [1.82, 2.24) is 9.55 Å². The van der Waals surface area contributed by atoms with Crippen LogP contribution in [0.2, 0.25) is 0 Å². The number of hydrogen-bond acceptors (Lipinski definition) is 5. The number of non-ortho nitro benzene ring substituents is 1. The molecule has 0 bridgehead atoms. The molecule has 0 radical (unpaired) electrons. The SMILES string of the molecule is Cc1cc(=O)n(Cc2cccc([N+](=O)[O-])c2)c(N2CCCCC2)n1. The lowest BCUT2D eigenvalue weighted by atomic mass is 10.1. The summed E-state index contributed by atoms with van der Waals surface area (Å²) in [6, 6.07) is 7.89. The highest BCUT2D eigenvalue weighted by molar-refractivity contribution is 5.37. The van der Waals surface area contributed by atoms with Crippen LogP contribution in [-0.4, -0.2) is 27.6 Å². The third-order valence-electron chi connectivity index (χ3n) is 4.22. The molecule has 0 atom stereocenters. The van der Waals surface area contributed by atoms with Gasteiger partial charge in [-0.1, -0.05) is 12.1 Å². The van der Waals surface area contributed by atoms with Crippen LogP contribution >= 0.6 is 0 Å². The molecular formula is C17H20N4O3. The van der Waals surface area contributed by atoms with E-state index in [0.29, 0.717) is 11.6 Å². The first kappa shape index (κ1) is 16.2. The highest BCUT2D eigenvalue weighted by atomic mass is 16.6. The Balaban J connectivity index is 1.99. The molecule has 2 heterocycles. The summed E-state index contributed by atoms with van der Waals surface area (Å²) in [7, 11) is 0. The average Bonchev–Trinajstić information content (AvgIpc) is 2.58. The van der Waals surface area contributed by atoms with Crippen LogP contribution in [0.5, 0.6) is 0 Å². The van der Waals surface area contributed by atoms with Crippen LogP contribution in [0.25, 0.3) is 0 Å². The van der Waals surface area contributed by atoms with Crippen LogP contribution in [0, 0.1) is 17.0 Å². The fraction of sp³-hybridized carbons (Fsp3) is 0.412. The van der Waals surface area contributed by atoms with E-state index in [4.69, 9.17) is 0 Å². The quantitative estimate of drug-likeness (QED) is 0.636. The van der Waals surface area contributed by atoms with Gasteiger partial charge >= 0.3 is 0 Å². The minimum absolute atomic E-state index is 0.0279. The Morgan fingerprint density at radius 2 is 1.96 bits per heavy atom. The number of rotatable bonds is 4. The second kappa shape index (κ2) is 6.82. The molecule has 1 aromatic carbocycles. The van der Waals surface area contributed by atoms with E-state index in [9.17, 15) is 14.9 Å². The summed E-state index contributed by atoms with van der Waals surface area (Å²) in [5.74, 6) is 0.659. The first-order chi connectivity index (χ1) is 11.5. The second-order valence-corrected chi connectivity index (χ2v) is 6.10. The fourth-order valence-electron chi connectivity index (χ4n) is 3.04. The molecule has 7 heteroatoms. The summed E-state index contributed by atoms with van der Waals surface area (Å²) in [5, 5.41) is 10.9. The standard InChI is InChI=1S/C17H20N4O3/c1-13-10-16(22)20(17(18-13)19-8-3-2-4-9-19)12-14-6-5-7-15(11-14)21(23)24/h5-7,10-11H,2-4,8-9,12H2,1H3. The lowest BCUT2D eigenvalue weighted by Crippen LogP contribution is -2.36. The van der Waals surface area contributed by atoms with E-state index in [1.165, 1.54) is 24.6 Å². The zero-order chi connectivity index (χ0) is 17.1. The normalized spacial score (nSPS) is 14.6. The number of benzene rings is 1. The molecule has 0 N–H and O–H groups in total. The van der Waals surface area contributed by atoms with Gasteiger partial charge in [-0.3, -0.25) is 19.5 Å². The molecule has 1 saturated heterocycles. The van der Waals surface area contributed by atoms with E-state index < -0.39 is 4.92 Å². The van der Waals surface area contributed by atoms with Crippen LogP contribution in [0.3, 0.4) is 0 Å². The smallest absolute Gasteiger partial charge is 0.269 e. The molecule has 1 aliphatic rings. The van der Waals surface area contributed by atoms with Gasteiger partial charge in [-0.15, -0.1) is 0 Å². The Kier molecular flexibility index (Phi) is 4.59. The van der Waals surface area contributed by atoms with Crippen molar-refractivity contribution >= 4 is 11.6 Å². The predicted molar refractivity (Wildman–Crippen MR) is 91.5 cm³/mol. The molecule has 1 fully saturated rings. The Morgan fingerprint density at radius 3 is 2.67 bits per heavy atom. The number of piperidine rings is 1. The van der Waals surface area contributed by atoms with Crippen molar-refractivity contribution in [2.75, 3.05) is 18.0 Å². The number of aryl methyl sites for hydroxylation is 1. The van der Waals surface area contributed by atoms with Gasteiger partial charge in [0, 0.05) is 37.0 Å². The Labute approximate surface area is 139 Å². The first-order valence-electron chi connectivity index (χ1n) is 8.11. The summed E-state index contributed by atoms with van der Waals surface area (Å²) >= 11 is 0. The zero-order valence-electron chi connectivity index (χ0n) is 13.6. The number of nitro groups is 1. The number of nitrogens with zero attached hydrogens (tertiary/aromatic N) is 4. The molecular weight excluding hydrogens is 308 g/mol. The van der Waals surface area contributed by atoms with Crippen LogP contribution in [0.4, 0.5) is 11.6 Å². The summed E-state index contributed by atoms with van der Waals surface area (Å²) in [6.45, 7) is 3.85. The van der Waals surface area contributed by atoms with Gasteiger partial charge in [0.15, 0.2) is 0 Å². The van der Waals surface area contributed by atoms with E-state index in [-0.39, 0.29) is 17.8 Å². The molecule has 2 aromatic rings. The lowest BCUT2D eigenvalue weighted by Gasteiger charge is -2.29. The topological polar surface area (TPSA) is 81.3 Å². The number of hydrogen-bond donors (Lipinski definition) is 0. The Morgan fingerprint density at radius 1 is 1.21 bits per heavy atom. The molecule has 0 spiro atoms. The van der Waals surface area contributed by atoms with Crippen LogP contribution < -0.4 is 10.5 Å². The molecule has 0 saturated carbocycles. The maximum absolute atomic E-state index is 12.5. The molecule has 1 aromatic heterocycles. The van der Waals surface area contributed by atoms with Crippen molar-refractivity contribution in [1.29, 1.82) is 0 Å². The molecule has 1 aliphatic heterocycles. The minimum atomic E-state index is -0.425. The van der Waals surface area contributed by atoms with Gasteiger partial charge in [0.05, 0.1) is 11.5 Å². The number of aromatic nitrogens is 2. The van der Waals surface area contributed by atoms with E-state index in [2.05, 4.69) is 9.88 Å². The Bertz CT molecular complexity index is 810. The molecule has 126 valence electrons. The van der Waals surface area contributed by atoms with Gasteiger partial charge in [0.1, 0.15) is 0 Å². The predicted octanol–water partition coefficient (Wildman–Crippen LogP) is 2.50. The van der Waals surface area contributed by atoms with Crippen LogP contribution in [0.1, 0.15) is 30.5 Å². The Hall–Kier alpha value is -2.70. The van der Waals surface area contributed by atoms with Gasteiger partial charge in [-0.2, -0.15) is 0 Å². The van der Waals surface area contributed by atoms with Gasteiger partial charge < -0.3 is 4.90 Å². The molecule has 3 rings (SSSR count). The third-order valence-corrected chi connectivity index (χ3v) is 4.22. The van der Waals surface area contributed by atoms with Crippen molar-refractivity contribution in [3.05, 3.63) is 62.1 Å². The highest BCUT2D eigenvalue weighted by Crippen LogP contribution is 2.19. The highest BCUT2D eigenvalue weighted by Gasteiger charge is 2.18. The average molecular weight is 328 g/mol. The molecule has 0 amide bonds. The summed E-state index contributed by atoms with van der Waals surface area (Å²) in [4.78, 5) is 29.7. The third kappa shape index (κ3) is 3.45. The molecule has 0 aliphatic carbocycles. The van der Waals surface area contributed by atoms with Crippen molar-refractivity contribution < 1.29 is 4.92 Å². The first-order valence-corrected chi connectivity index (χ1v) is 8.11. The largest absolute Gasteiger partial charge is 0.342 e. The monoisotopic (exact) mass is 328 g/mol. The maximum atomic E-state index is 12.5. The van der Waals surface area contributed by atoms with E-state index in [1.807, 2.05) is 6.92 Å². The van der Waals surface area contributed by atoms with Gasteiger partial charge in [-0.05, 0) is 31.7 Å². The van der Waals surface area contributed by atoms with Gasteiger partial charge in [0.2, 0.25) is 5.95 Å². The van der Waals surface area contributed by atoms with Gasteiger partial charge in [-0.25, -0.2) is 4.98 Å². The molecule has 0 unspecified atom stereocenters. The van der Waals surface area contributed by atoms with Crippen molar-refractivity contribution in [3.63, 3.8) is 0 Å². The fourth-order valence-corrected chi connectivity index (χ4v) is 3.04. The summed E-state index contributed by atoms with van der Waals surface area (Å²) in [5.41, 5.74) is 1.31. The summed E-state index contributed by atoms with van der Waals surface area (Å²) < 4.78 is 1.61. The molecule has 7 nitrogen and oxygen atoms in total. The van der Waals surface area contributed by atoms with Crippen LogP contribution in [0.15, 0.2) is 35.1 Å². The van der Waals surface area contributed by atoms with E-state index in [0.717, 1.165) is 31.5 Å². The number of anilines is 1. The number of nitro benzene ring substituents is 1. The van der Waals surface area contributed by atoms with Crippen LogP contribution in [-0.2, 0) is 6.54 Å². The summed E-state index contributed by atoms with van der Waals surface area (Å²) in [6.07, 6.45) is 3.36. The van der Waals surface area contributed by atoms with E-state index in [1.54, 1.807) is 16.7 Å². The second-order valence-electron chi connectivity index (χ2n) is 6.10. The van der Waals surface area contributed by atoms with Crippen molar-refractivity contribution in [2.45, 2.75) is 32.7 Å². The zero-order valence-corrected chi connectivity index (χ0v) is 13.6. The van der Waals surface area contributed by atoms with Crippen molar-refractivity contribution in [2.24, 2.45) is 0 Å². The molecule has 24 heavy (non-hydrogen) atoms. The van der Waals surface area contributed by atoms with Gasteiger partial charge in [0.25, 0.3) is 11.2 Å². The van der Waals surface area contributed by atoms with Crippen molar-refractivity contribution in [3.8, 4) is 0 Å². The maximum Gasteiger partial charge on any atom is 0.269 e. The minimum Gasteiger partial charge on any atom is -0.342 e. The lowest BCUT2D eigenvalue weighted by molar-refractivity contribution is -0.384. The van der Waals surface area contributed by atoms with E-state index >= 15 is 0 Å².